The molecule has 0 fully saturated rings. The molecule has 0 aliphatic heterocycles. The molecule has 116 valence electrons. The van der Waals surface area contributed by atoms with Crippen LogP contribution in [0.2, 0.25) is 0 Å². The van der Waals surface area contributed by atoms with E-state index in [-0.39, 0.29) is 29.9 Å². The molecule has 0 saturated heterocycles. The quantitative estimate of drug-likeness (QED) is 0.838. The van der Waals surface area contributed by atoms with E-state index in [9.17, 15) is 8.42 Å². The molecule has 1 aromatic carbocycles. The highest BCUT2D eigenvalue weighted by atomic mass is 32.2. The summed E-state index contributed by atoms with van der Waals surface area (Å²) in [5.74, 6) is 0. The van der Waals surface area contributed by atoms with Crippen LogP contribution in [0.5, 0.6) is 0 Å². The first-order chi connectivity index (χ1) is 9.84. The van der Waals surface area contributed by atoms with Crippen molar-refractivity contribution in [2.45, 2.75) is 50.6 Å². The van der Waals surface area contributed by atoms with Crippen LogP contribution >= 0.6 is 0 Å². The van der Waals surface area contributed by atoms with Crippen molar-refractivity contribution in [3.05, 3.63) is 29.8 Å². The van der Waals surface area contributed by atoms with Crippen LogP contribution in [0.15, 0.2) is 29.2 Å². The Labute approximate surface area is 127 Å². The van der Waals surface area contributed by atoms with Gasteiger partial charge >= 0.3 is 0 Å². The summed E-state index contributed by atoms with van der Waals surface area (Å²) >= 11 is 0. The van der Waals surface area contributed by atoms with Crippen molar-refractivity contribution < 1.29 is 8.42 Å². The third-order valence-corrected chi connectivity index (χ3v) is 5.42. The van der Waals surface area contributed by atoms with Gasteiger partial charge in [0.15, 0.2) is 0 Å². The van der Waals surface area contributed by atoms with Gasteiger partial charge in [-0.15, -0.1) is 0 Å². The van der Waals surface area contributed by atoms with Gasteiger partial charge in [0.25, 0.3) is 0 Å². The van der Waals surface area contributed by atoms with E-state index in [2.05, 4.69) is 0 Å². The van der Waals surface area contributed by atoms with E-state index in [1.165, 1.54) is 4.31 Å². The van der Waals surface area contributed by atoms with E-state index in [1.54, 1.807) is 32.0 Å². The molecule has 1 atom stereocenters. The topological polar surface area (TPSA) is 87.2 Å². The molecule has 0 aromatic heterocycles. The number of nitrogens with two attached hydrogens (primary N) is 1. The van der Waals surface area contributed by atoms with Gasteiger partial charge in [-0.3, -0.25) is 0 Å². The van der Waals surface area contributed by atoms with Crippen LogP contribution in [0.3, 0.4) is 0 Å². The molecular formula is C15H23N3O2S. The first-order valence-corrected chi connectivity index (χ1v) is 8.53. The van der Waals surface area contributed by atoms with Gasteiger partial charge in [0, 0.05) is 25.0 Å². The summed E-state index contributed by atoms with van der Waals surface area (Å²) < 4.78 is 26.8. The predicted molar refractivity (Wildman–Crippen MR) is 82.9 cm³/mol. The van der Waals surface area contributed by atoms with Crippen molar-refractivity contribution in [1.82, 2.24) is 4.31 Å². The average Bonchev–Trinajstić information content (AvgIpc) is 2.46. The van der Waals surface area contributed by atoms with E-state index in [4.69, 9.17) is 11.0 Å². The first-order valence-electron chi connectivity index (χ1n) is 7.09. The van der Waals surface area contributed by atoms with E-state index in [0.717, 1.165) is 12.0 Å². The Hall–Kier alpha value is -1.42. The maximum Gasteiger partial charge on any atom is 0.243 e. The molecule has 0 aliphatic rings. The molecule has 6 heteroatoms. The minimum absolute atomic E-state index is 0.172. The van der Waals surface area contributed by atoms with Crippen molar-refractivity contribution >= 4 is 10.0 Å². The lowest BCUT2D eigenvalue weighted by atomic mass is 10.1. The smallest absolute Gasteiger partial charge is 0.243 e. The minimum atomic E-state index is -3.61. The monoisotopic (exact) mass is 309 g/mol. The van der Waals surface area contributed by atoms with Crippen LogP contribution in [0, 0.1) is 11.3 Å². The lowest BCUT2D eigenvalue weighted by molar-refractivity contribution is 0.360. The second kappa shape index (κ2) is 7.55. The number of nitrogens with zero attached hydrogens (tertiary/aromatic N) is 2. The van der Waals surface area contributed by atoms with Crippen LogP contribution in [0.25, 0.3) is 0 Å². The maximum atomic E-state index is 12.7. The summed E-state index contributed by atoms with van der Waals surface area (Å²) in [7, 11) is -3.61. The highest BCUT2D eigenvalue weighted by Gasteiger charge is 2.27. The van der Waals surface area contributed by atoms with E-state index >= 15 is 0 Å². The third-order valence-electron chi connectivity index (χ3n) is 3.35. The third kappa shape index (κ3) is 4.27. The fourth-order valence-electron chi connectivity index (χ4n) is 2.09. The largest absolute Gasteiger partial charge is 0.324 e. The molecule has 0 spiro atoms. The summed E-state index contributed by atoms with van der Waals surface area (Å²) in [6.45, 7) is 5.76. The number of benzene rings is 1. The van der Waals surface area contributed by atoms with Crippen LogP contribution in [-0.2, 0) is 10.0 Å². The van der Waals surface area contributed by atoms with Gasteiger partial charge in [-0.2, -0.15) is 9.57 Å². The maximum absolute atomic E-state index is 12.7. The molecule has 0 bridgehead atoms. The predicted octanol–water partition coefficient (Wildman–Crippen LogP) is 2.41. The lowest BCUT2D eigenvalue weighted by Gasteiger charge is -2.25. The van der Waals surface area contributed by atoms with Crippen LogP contribution in [0.1, 0.15) is 45.2 Å². The number of hydrogen-bond acceptors (Lipinski definition) is 4. The van der Waals surface area contributed by atoms with Gasteiger partial charge in [-0.25, -0.2) is 8.42 Å². The van der Waals surface area contributed by atoms with Gasteiger partial charge in [0.2, 0.25) is 10.0 Å². The van der Waals surface area contributed by atoms with Crippen molar-refractivity contribution in [2.24, 2.45) is 5.73 Å². The van der Waals surface area contributed by atoms with Gasteiger partial charge in [0.1, 0.15) is 0 Å². The molecule has 1 unspecified atom stereocenters. The fraction of sp³-hybridized carbons (Fsp3) is 0.533. The first kappa shape index (κ1) is 17.6. The second-order valence-electron chi connectivity index (χ2n) is 5.20. The van der Waals surface area contributed by atoms with Crippen molar-refractivity contribution in [1.29, 1.82) is 5.26 Å². The Bertz CT molecular complexity index is 606. The van der Waals surface area contributed by atoms with E-state index in [1.807, 2.05) is 19.1 Å². The zero-order valence-corrected chi connectivity index (χ0v) is 13.6. The van der Waals surface area contributed by atoms with Crippen LogP contribution < -0.4 is 5.73 Å². The molecule has 0 saturated carbocycles. The number of sulfonamides is 1. The highest BCUT2D eigenvalue weighted by molar-refractivity contribution is 7.89. The minimum Gasteiger partial charge on any atom is -0.324 e. The molecule has 0 amide bonds. The van der Waals surface area contributed by atoms with E-state index < -0.39 is 10.0 Å². The summed E-state index contributed by atoms with van der Waals surface area (Å²) in [5, 5.41) is 8.69. The van der Waals surface area contributed by atoms with Crippen molar-refractivity contribution in [3.8, 4) is 6.07 Å². The molecule has 1 rings (SSSR count). The van der Waals surface area contributed by atoms with E-state index in [0.29, 0.717) is 0 Å². The summed E-state index contributed by atoms with van der Waals surface area (Å²) in [6, 6.07) is 8.36. The molecule has 0 radical (unpaired) electrons. The summed E-state index contributed by atoms with van der Waals surface area (Å²) in [6.07, 6.45) is 0.914. The zero-order valence-electron chi connectivity index (χ0n) is 12.8. The fourth-order valence-corrected chi connectivity index (χ4v) is 3.79. The summed E-state index contributed by atoms with van der Waals surface area (Å²) in [5.41, 5.74) is 6.78. The molecule has 0 heterocycles. The SMILES string of the molecule is CCC(N)c1cccc(S(=O)(=O)N(CCC#N)C(C)C)c1. The zero-order chi connectivity index (χ0) is 16.0. The molecule has 2 N–H and O–H groups in total. The van der Waals surface area contributed by atoms with Gasteiger partial charge in [-0.1, -0.05) is 19.1 Å². The normalized spacial score (nSPS) is 13.4. The molecule has 5 nitrogen and oxygen atoms in total. The Morgan fingerprint density at radius 1 is 1.38 bits per heavy atom. The molecule has 0 aliphatic carbocycles. The van der Waals surface area contributed by atoms with Crippen LogP contribution in [0.4, 0.5) is 0 Å². The number of rotatable bonds is 7. The van der Waals surface area contributed by atoms with Crippen LogP contribution in [-0.4, -0.2) is 25.3 Å². The van der Waals surface area contributed by atoms with Gasteiger partial charge < -0.3 is 5.73 Å². The summed E-state index contributed by atoms with van der Waals surface area (Å²) in [4.78, 5) is 0.232. The Balaban J connectivity index is 3.19. The molecule has 1 aromatic rings. The Morgan fingerprint density at radius 2 is 2.05 bits per heavy atom. The molecular weight excluding hydrogens is 286 g/mol. The lowest BCUT2D eigenvalue weighted by Crippen LogP contribution is -2.37. The number of hydrogen-bond donors (Lipinski definition) is 1. The number of nitriles is 1. The van der Waals surface area contributed by atoms with Crippen molar-refractivity contribution in [3.63, 3.8) is 0 Å². The Kier molecular flexibility index (Phi) is 6.34. The Morgan fingerprint density at radius 3 is 2.57 bits per heavy atom. The van der Waals surface area contributed by atoms with Crippen molar-refractivity contribution in [2.75, 3.05) is 6.54 Å². The average molecular weight is 309 g/mol. The second-order valence-corrected chi connectivity index (χ2v) is 7.10. The molecule has 21 heavy (non-hydrogen) atoms. The highest BCUT2D eigenvalue weighted by Crippen LogP contribution is 2.22. The standard InChI is InChI=1S/C15H23N3O2S/c1-4-15(17)13-7-5-8-14(11-13)21(19,20)18(12(2)3)10-6-9-16/h5,7-8,11-12,15H,4,6,10,17H2,1-3H3. The van der Waals surface area contributed by atoms with Gasteiger partial charge in [-0.05, 0) is 38.0 Å². The van der Waals surface area contributed by atoms with Gasteiger partial charge in [0.05, 0.1) is 11.0 Å².